The number of rotatable bonds is 0. The molecular formula is H4LaLiO4P. The molecule has 0 saturated carbocycles. The van der Waals surface area contributed by atoms with Crippen LogP contribution in [0.2, 0.25) is 0 Å². The molecule has 0 aliphatic rings. The third-order valence-corrected chi connectivity index (χ3v) is 0. The van der Waals surface area contributed by atoms with Crippen LogP contribution in [0, 0.1) is 35.6 Å². The van der Waals surface area contributed by atoms with Gasteiger partial charge in [0.15, 0.2) is 0 Å². The standard InChI is InChI=1S/La.Li.H3O4P.H/c;;1-5(2,3)4;/h;;(H3,1,2,3,4);/q;+1;;-1. The molecule has 0 rings (SSSR count). The smallest absolute Gasteiger partial charge is 1.00 e. The Balaban J connectivity index is -0.0000000267. The quantitative estimate of drug-likeness (QED) is 0.302. The van der Waals surface area contributed by atoms with E-state index in [4.69, 9.17) is 19.2 Å². The molecule has 3 N–H and O–H groups in total. The summed E-state index contributed by atoms with van der Waals surface area (Å²) in [6.07, 6.45) is 0. The molecule has 0 aliphatic carbocycles. The second-order valence-electron chi connectivity index (χ2n) is 0.513. The molecule has 0 unspecified atom stereocenters. The molecule has 0 fully saturated rings. The summed E-state index contributed by atoms with van der Waals surface area (Å²) in [5.41, 5.74) is 0. The van der Waals surface area contributed by atoms with Crippen molar-refractivity contribution >= 4 is 7.82 Å². The van der Waals surface area contributed by atoms with E-state index >= 15 is 0 Å². The third-order valence-electron chi connectivity index (χ3n) is 0. The maximum absolute atomic E-state index is 8.88. The van der Waals surface area contributed by atoms with Gasteiger partial charge in [0, 0.05) is 35.6 Å². The van der Waals surface area contributed by atoms with Crippen LogP contribution in [0.3, 0.4) is 0 Å². The first-order valence-corrected chi connectivity index (χ1v) is 2.35. The van der Waals surface area contributed by atoms with Gasteiger partial charge in [-0.1, -0.05) is 0 Å². The van der Waals surface area contributed by atoms with Crippen LogP contribution >= 0.6 is 7.82 Å². The Bertz CT molecular complexity index is 62.2. The van der Waals surface area contributed by atoms with Crippen molar-refractivity contribution in [1.29, 1.82) is 0 Å². The van der Waals surface area contributed by atoms with Gasteiger partial charge in [-0.2, -0.15) is 0 Å². The molecule has 0 aromatic heterocycles. The fraction of sp³-hybridized carbons (Fsp3) is 0. The van der Waals surface area contributed by atoms with Crippen LogP contribution < -0.4 is 18.9 Å². The normalized spacial score (nSPS) is 8.43. The van der Waals surface area contributed by atoms with Crippen molar-refractivity contribution in [3.8, 4) is 0 Å². The molecule has 0 amide bonds. The predicted octanol–water partition coefficient (Wildman–Crippen LogP) is -3.81. The van der Waals surface area contributed by atoms with Gasteiger partial charge in [-0.25, -0.2) is 4.57 Å². The van der Waals surface area contributed by atoms with Gasteiger partial charge >= 0.3 is 26.7 Å². The van der Waals surface area contributed by atoms with Crippen molar-refractivity contribution in [3.05, 3.63) is 0 Å². The summed E-state index contributed by atoms with van der Waals surface area (Å²) >= 11 is 0. The molecule has 7 heavy (non-hydrogen) atoms. The Hall–Kier alpha value is 1.90. The van der Waals surface area contributed by atoms with Gasteiger partial charge in [0.25, 0.3) is 0 Å². The first-order chi connectivity index (χ1) is 2.00. The molecule has 0 atom stereocenters. The van der Waals surface area contributed by atoms with Gasteiger partial charge in [-0.3, -0.25) is 0 Å². The van der Waals surface area contributed by atoms with Crippen molar-refractivity contribution in [2.24, 2.45) is 0 Å². The van der Waals surface area contributed by atoms with E-state index in [1.54, 1.807) is 0 Å². The van der Waals surface area contributed by atoms with E-state index in [0.29, 0.717) is 0 Å². The third kappa shape index (κ3) is 76.1. The Morgan fingerprint density at radius 3 is 1.29 bits per heavy atom. The Kier molecular flexibility index (Phi) is 13.7. The van der Waals surface area contributed by atoms with Crippen molar-refractivity contribution < 1.29 is 75.1 Å². The summed E-state index contributed by atoms with van der Waals surface area (Å²) in [5, 5.41) is 0. The molecule has 0 aromatic rings. The molecule has 0 spiro atoms. The van der Waals surface area contributed by atoms with E-state index in [-0.39, 0.29) is 55.9 Å². The minimum Gasteiger partial charge on any atom is -1.00 e. The molecule has 0 heterocycles. The van der Waals surface area contributed by atoms with Gasteiger partial charge in [-0.15, -0.1) is 0 Å². The molecule has 0 aromatic carbocycles. The number of hydrogen-bond acceptors (Lipinski definition) is 1. The van der Waals surface area contributed by atoms with E-state index in [1.165, 1.54) is 0 Å². The van der Waals surface area contributed by atoms with E-state index in [2.05, 4.69) is 0 Å². The monoisotopic (exact) mass is 245 g/mol. The van der Waals surface area contributed by atoms with Gasteiger partial charge in [0.2, 0.25) is 0 Å². The molecule has 0 bridgehead atoms. The van der Waals surface area contributed by atoms with Crippen LogP contribution in [0.1, 0.15) is 1.43 Å². The van der Waals surface area contributed by atoms with Crippen molar-refractivity contribution in [3.63, 3.8) is 0 Å². The number of phosphoric acid groups is 1. The summed E-state index contributed by atoms with van der Waals surface area (Å²) in [6, 6.07) is 0. The predicted molar refractivity (Wildman–Crippen MR) is 15.4 cm³/mol. The average Bonchev–Trinajstić information content (AvgIpc) is 0.722. The van der Waals surface area contributed by atoms with Crippen LogP contribution in [0.15, 0.2) is 0 Å². The van der Waals surface area contributed by atoms with Gasteiger partial charge in [-0.05, 0) is 0 Å². The topological polar surface area (TPSA) is 77.8 Å². The summed E-state index contributed by atoms with van der Waals surface area (Å²) in [6.45, 7) is 0. The SMILES string of the molecule is O=P(O)(O)O.[H-].[La].[Li+]. The molecule has 1 radical (unpaired) electrons. The zero-order chi connectivity index (χ0) is 4.50. The summed E-state index contributed by atoms with van der Waals surface area (Å²) in [4.78, 5) is 21.6. The van der Waals surface area contributed by atoms with Crippen LogP contribution in [0.4, 0.5) is 0 Å². The zero-order valence-corrected chi connectivity index (χ0v) is 8.29. The van der Waals surface area contributed by atoms with E-state index < -0.39 is 7.82 Å². The second-order valence-corrected chi connectivity index (χ2v) is 1.54. The van der Waals surface area contributed by atoms with Crippen LogP contribution in [-0.2, 0) is 4.57 Å². The Morgan fingerprint density at radius 2 is 1.29 bits per heavy atom. The van der Waals surface area contributed by atoms with Crippen molar-refractivity contribution in [1.82, 2.24) is 0 Å². The largest absolute Gasteiger partial charge is 1.00 e. The van der Waals surface area contributed by atoms with Gasteiger partial charge < -0.3 is 16.1 Å². The van der Waals surface area contributed by atoms with Gasteiger partial charge in [0.05, 0.1) is 0 Å². The van der Waals surface area contributed by atoms with E-state index in [1.807, 2.05) is 0 Å². The number of hydrogen-bond donors (Lipinski definition) is 3. The minimum absolute atomic E-state index is 0. The Labute approximate surface area is 82.2 Å². The fourth-order valence-electron chi connectivity index (χ4n) is 0. The molecule has 7 heteroatoms. The van der Waals surface area contributed by atoms with Gasteiger partial charge in [0.1, 0.15) is 0 Å². The second kappa shape index (κ2) is 6.03. The molecule has 4 nitrogen and oxygen atoms in total. The molecule has 37 valence electrons. The van der Waals surface area contributed by atoms with E-state index in [9.17, 15) is 0 Å². The minimum atomic E-state index is -4.64. The summed E-state index contributed by atoms with van der Waals surface area (Å²) in [7, 11) is -4.64. The molecule has 0 saturated heterocycles. The van der Waals surface area contributed by atoms with E-state index in [0.717, 1.165) is 0 Å². The zero-order valence-electron chi connectivity index (χ0n) is 4.77. The van der Waals surface area contributed by atoms with Crippen LogP contribution in [0.5, 0.6) is 0 Å². The van der Waals surface area contributed by atoms with Crippen molar-refractivity contribution in [2.45, 2.75) is 0 Å². The maximum Gasteiger partial charge on any atom is 1.00 e. The van der Waals surface area contributed by atoms with Crippen LogP contribution in [0.25, 0.3) is 0 Å². The first kappa shape index (κ1) is 16.0. The summed E-state index contributed by atoms with van der Waals surface area (Å²) < 4.78 is 8.88. The fourth-order valence-corrected chi connectivity index (χ4v) is 0. The molecule has 0 aliphatic heterocycles. The molecular weight excluding hydrogens is 241 g/mol. The first-order valence-electron chi connectivity index (χ1n) is 0.783. The average molecular weight is 245 g/mol. The summed E-state index contributed by atoms with van der Waals surface area (Å²) in [5.74, 6) is 0. The Morgan fingerprint density at radius 1 is 1.29 bits per heavy atom. The van der Waals surface area contributed by atoms with Crippen molar-refractivity contribution in [2.75, 3.05) is 0 Å². The van der Waals surface area contributed by atoms with Crippen LogP contribution in [-0.4, -0.2) is 14.7 Å². The maximum atomic E-state index is 8.88.